The van der Waals surface area contributed by atoms with Crippen LogP contribution in [0.4, 0.5) is 10.1 Å². The van der Waals surface area contributed by atoms with Gasteiger partial charge < -0.3 is 10.6 Å². The SMILES string of the molecule is CC(NCC(=O)Nc1ccccc1F)c1ccc(Br)cc1. The van der Waals surface area contributed by atoms with E-state index in [-0.39, 0.29) is 24.2 Å². The number of para-hydroxylation sites is 1. The monoisotopic (exact) mass is 350 g/mol. The number of nitrogens with one attached hydrogen (secondary N) is 2. The van der Waals surface area contributed by atoms with Gasteiger partial charge in [0.05, 0.1) is 12.2 Å². The van der Waals surface area contributed by atoms with Gasteiger partial charge >= 0.3 is 0 Å². The minimum absolute atomic E-state index is 0.0319. The Balaban J connectivity index is 1.86. The first-order valence-electron chi connectivity index (χ1n) is 6.59. The summed E-state index contributed by atoms with van der Waals surface area (Å²) in [6.45, 7) is 2.09. The first-order chi connectivity index (χ1) is 10.1. The molecule has 0 fully saturated rings. The number of hydrogen-bond donors (Lipinski definition) is 2. The summed E-state index contributed by atoms with van der Waals surface area (Å²) in [5.41, 5.74) is 1.28. The molecular weight excluding hydrogens is 335 g/mol. The molecule has 2 aromatic rings. The summed E-state index contributed by atoms with van der Waals surface area (Å²) in [7, 11) is 0. The Kier molecular flexibility index (Phi) is 5.47. The minimum Gasteiger partial charge on any atom is -0.322 e. The van der Waals surface area contributed by atoms with Gasteiger partial charge in [-0.1, -0.05) is 40.2 Å². The highest BCUT2D eigenvalue weighted by Gasteiger charge is 2.09. The highest BCUT2D eigenvalue weighted by atomic mass is 79.9. The zero-order chi connectivity index (χ0) is 15.2. The third-order valence-electron chi connectivity index (χ3n) is 3.09. The third-order valence-corrected chi connectivity index (χ3v) is 3.62. The molecule has 0 aliphatic carbocycles. The molecular formula is C16H16BrFN2O. The predicted octanol–water partition coefficient (Wildman–Crippen LogP) is 3.88. The molecule has 3 nitrogen and oxygen atoms in total. The van der Waals surface area contributed by atoms with Gasteiger partial charge in [0.1, 0.15) is 5.82 Å². The molecule has 0 aliphatic rings. The molecule has 0 bridgehead atoms. The van der Waals surface area contributed by atoms with Crippen molar-refractivity contribution >= 4 is 27.5 Å². The molecule has 110 valence electrons. The number of rotatable bonds is 5. The van der Waals surface area contributed by atoms with Crippen LogP contribution in [-0.2, 0) is 4.79 Å². The number of benzene rings is 2. The van der Waals surface area contributed by atoms with Gasteiger partial charge in [0.25, 0.3) is 0 Å². The molecule has 0 saturated heterocycles. The Bertz CT molecular complexity index is 616. The molecule has 0 aromatic heterocycles. The summed E-state index contributed by atoms with van der Waals surface area (Å²) in [6, 6.07) is 14.0. The number of carbonyl (C=O) groups is 1. The number of carbonyl (C=O) groups excluding carboxylic acids is 1. The Morgan fingerprint density at radius 2 is 1.86 bits per heavy atom. The topological polar surface area (TPSA) is 41.1 Å². The highest BCUT2D eigenvalue weighted by Crippen LogP contribution is 2.16. The lowest BCUT2D eigenvalue weighted by atomic mass is 10.1. The van der Waals surface area contributed by atoms with Crippen molar-refractivity contribution in [2.75, 3.05) is 11.9 Å². The Morgan fingerprint density at radius 3 is 2.52 bits per heavy atom. The molecule has 2 rings (SSSR count). The van der Waals surface area contributed by atoms with Crippen molar-refractivity contribution in [1.82, 2.24) is 5.32 Å². The lowest BCUT2D eigenvalue weighted by Gasteiger charge is -2.14. The van der Waals surface area contributed by atoms with Crippen LogP contribution in [0.15, 0.2) is 53.0 Å². The second-order valence-corrected chi connectivity index (χ2v) is 5.60. The molecule has 0 saturated carbocycles. The summed E-state index contributed by atoms with van der Waals surface area (Å²) >= 11 is 3.38. The summed E-state index contributed by atoms with van der Waals surface area (Å²) in [5, 5.41) is 5.65. The molecule has 1 amide bonds. The van der Waals surface area contributed by atoms with Crippen molar-refractivity contribution in [2.45, 2.75) is 13.0 Å². The second kappa shape index (κ2) is 7.33. The van der Waals surface area contributed by atoms with Gasteiger partial charge in [0.2, 0.25) is 5.91 Å². The van der Waals surface area contributed by atoms with Crippen molar-refractivity contribution in [1.29, 1.82) is 0 Å². The van der Waals surface area contributed by atoms with E-state index in [0.29, 0.717) is 0 Å². The Morgan fingerprint density at radius 1 is 1.19 bits per heavy atom. The van der Waals surface area contributed by atoms with Gasteiger partial charge in [-0.05, 0) is 36.8 Å². The van der Waals surface area contributed by atoms with Crippen LogP contribution in [-0.4, -0.2) is 12.5 Å². The number of anilines is 1. The van der Waals surface area contributed by atoms with Crippen LogP contribution in [0.25, 0.3) is 0 Å². The lowest BCUT2D eigenvalue weighted by Crippen LogP contribution is -2.30. The smallest absolute Gasteiger partial charge is 0.238 e. The fourth-order valence-corrected chi connectivity index (χ4v) is 2.14. The lowest BCUT2D eigenvalue weighted by molar-refractivity contribution is -0.115. The second-order valence-electron chi connectivity index (χ2n) is 4.68. The van der Waals surface area contributed by atoms with E-state index in [9.17, 15) is 9.18 Å². The quantitative estimate of drug-likeness (QED) is 0.859. The number of hydrogen-bond acceptors (Lipinski definition) is 2. The van der Waals surface area contributed by atoms with E-state index in [2.05, 4.69) is 26.6 Å². The first kappa shape index (κ1) is 15.7. The highest BCUT2D eigenvalue weighted by molar-refractivity contribution is 9.10. The predicted molar refractivity (Wildman–Crippen MR) is 85.6 cm³/mol. The van der Waals surface area contributed by atoms with E-state index in [1.165, 1.54) is 12.1 Å². The van der Waals surface area contributed by atoms with Crippen LogP contribution in [0.5, 0.6) is 0 Å². The maximum atomic E-state index is 13.4. The fourth-order valence-electron chi connectivity index (χ4n) is 1.87. The molecule has 21 heavy (non-hydrogen) atoms. The number of amides is 1. The largest absolute Gasteiger partial charge is 0.322 e. The van der Waals surface area contributed by atoms with Gasteiger partial charge in [-0.2, -0.15) is 0 Å². The molecule has 0 spiro atoms. The molecule has 0 radical (unpaired) electrons. The molecule has 5 heteroatoms. The zero-order valence-electron chi connectivity index (χ0n) is 11.6. The zero-order valence-corrected chi connectivity index (χ0v) is 13.2. The van der Waals surface area contributed by atoms with E-state index in [1.54, 1.807) is 12.1 Å². The van der Waals surface area contributed by atoms with E-state index in [4.69, 9.17) is 0 Å². The molecule has 2 aromatic carbocycles. The van der Waals surface area contributed by atoms with Crippen LogP contribution in [0.3, 0.4) is 0 Å². The van der Waals surface area contributed by atoms with E-state index < -0.39 is 5.82 Å². The molecule has 0 aliphatic heterocycles. The standard InChI is InChI=1S/C16H16BrFN2O/c1-11(12-6-8-13(17)9-7-12)19-10-16(21)20-15-5-3-2-4-14(15)18/h2-9,11,19H,10H2,1H3,(H,20,21). The fraction of sp³-hybridized carbons (Fsp3) is 0.188. The summed E-state index contributed by atoms with van der Waals surface area (Å²) in [5.74, 6) is -0.712. The van der Waals surface area contributed by atoms with Gasteiger partial charge in [0, 0.05) is 10.5 Å². The van der Waals surface area contributed by atoms with Crippen molar-refractivity contribution in [3.63, 3.8) is 0 Å². The average Bonchev–Trinajstić information content (AvgIpc) is 2.48. The normalized spacial score (nSPS) is 12.0. The molecule has 1 unspecified atom stereocenters. The molecule has 0 heterocycles. The molecule has 2 N–H and O–H groups in total. The van der Waals surface area contributed by atoms with Crippen LogP contribution in [0.1, 0.15) is 18.5 Å². The maximum Gasteiger partial charge on any atom is 0.238 e. The van der Waals surface area contributed by atoms with Gasteiger partial charge in [0.15, 0.2) is 0 Å². The minimum atomic E-state index is -0.438. The van der Waals surface area contributed by atoms with Crippen LogP contribution < -0.4 is 10.6 Å². The van der Waals surface area contributed by atoms with Gasteiger partial charge in [-0.3, -0.25) is 4.79 Å². The van der Waals surface area contributed by atoms with Gasteiger partial charge in [-0.25, -0.2) is 4.39 Å². The third kappa shape index (κ3) is 4.65. The average molecular weight is 351 g/mol. The van der Waals surface area contributed by atoms with E-state index in [1.807, 2.05) is 31.2 Å². The van der Waals surface area contributed by atoms with Crippen LogP contribution in [0.2, 0.25) is 0 Å². The van der Waals surface area contributed by atoms with Gasteiger partial charge in [-0.15, -0.1) is 0 Å². The van der Waals surface area contributed by atoms with E-state index in [0.717, 1.165) is 10.0 Å². The number of halogens is 2. The van der Waals surface area contributed by atoms with Crippen molar-refractivity contribution < 1.29 is 9.18 Å². The molecule has 1 atom stereocenters. The van der Waals surface area contributed by atoms with E-state index >= 15 is 0 Å². The summed E-state index contributed by atoms with van der Waals surface area (Å²) in [6.07, 6.45) is 0. The first-order valence-corrected chi connectivity index (χ1v) is 7.39. The summed E-state index contributed by atoms with van der Waals surface area (Å²) < 4.78 is 14.4. The van der Waals surface area contributed by atoms with Crippen LogP contribution in [0, 0.1) is 5.82 Å². The Labute approximate surface area is 131 Å². The van der Waals surface area contributed by atoms with Crippen molar-refractivity contribution in [3.8, 4) is 0 Å². The maximum absolute atomic E-state index is 13.4. The Hall–Kier alpha value is -1.72. The van der Waals surface area contributed by atoms with Crippen molar-refractivity contribution in [3.05, 3.63) is 64.4 Å². The summed E-state index contributed by atoms with van der Waals surface area (Å²) in [4.78, 5) is 11.8. The van der Waals surface area contributed by atoms with Crippen molar-refractivity contribution in [2.24, 2.45) is 0 Å². The van der Waals surface area contributed by atoms with Crippen LogP contribution >= 0.6 is 15.9 Å².